The van der Waals surface area contributed by atoms with Gasteiger partial charge in [0.15, 0.2) is 11.6 Å². The Morgan fingerprint density at radius 2 is 2.00 bits per heavy atom. The summed E-state index contributed by atoms with van der Waals surface area (Å²) in [5.74, 6) is -1.88. The average Bonchev–Trinajstić information content (AvgIpc) is 2.24. The number of likely N-dealkylation sites (N-methyl/N-ethyl adjacent to an activating group) is 2. The van der Waals surface area contributed by atoms with Gasteiger partial charge in [-0.25, -0.2) is 8.78 Å². The van der Waals surface area contributed by atoms with Crippen molar-refractivity contribution in [2.75, 3.05) is 20.6 Å². The molecule has 3 nitrogen and oxygen atoms in total. The minimum absolute atomic E-state index is 0. The van der Waals surface area contributed by atoms with Gasteiger partial charge in [0.1, 0.15) is 0 Å². The molecular formula is C11H15ClF2N2O. The predicted octanol–water partition coefficient (Wildman–Crippen LogP) is 1.56. The Morgan fingerprint density at radius 1 is 1.35 bits per heavy atom. The van der Waals surface area contributed by atoms with Gasteiger partial charge in [-0.3, -0.25) is 4.79 Å². The minimum Gasteiger partial charge on any atom is -0.340 e. The van der Waals surface area contributed by atoms with Crippen LogP contribution in [-0.4, -0.2) is 31.4 Å². The zero-order valence-corrected chi connectivity index (χ0v) is 10.5. The minimum atomic E-state index is -0.896. The number of nitrogens with zero attached hydrogens (tertiary/aromatic N) is 1. The summed E-state index contributed by atoms with van der Waals surface area (Å²) in [6.07, 6.45) is 0. The molecule has 0 saturated carbocycles. The third kappa shape index (κ3) is 4.66. The second-order valence-electron chi connectivity index (χ2n) is 3.53. The summed E-state index contributed by atoms with van der Waals surface area (Å²) in [4.78, 5) is 12.8. The summed E-state index contributed by atoms with van der Waals surface area (Å²) in [5, 5.41) is 2.73. The smallest absolute Gasteiger partial charge is 0.236 e. The van der Waals surface area contributed by atoms with Gasteiger partial charge in [0.25, 0.3) is 0 Å². The van der Waals surface area contributed by atoms with Gasteiger partial charge in [-0.15, -0.1) is 12.4 Å². The number of hydrogen-bond donors (Lipinski definition) is 1. The highest BCUT2D eigenvalue weighted by Crippen LogP contribution is 2.10. The van der Waals surface area contributed by atoms with Gasteiger partial charge in [0, 0.05) is 13.6 Å². The van der Waals surface area contributed by atoms with Crippen molar-refractivity contribution in [1.29, 1.82) is 0 Å². The van der Waals surface area contributed by atoms with E-state index in [-0.39, 0.29) is 31.4 Å². The van der Waals surface area contributed by atoms with Crippen LogP contribution in [-0.2, 0) is 11.3 Å². The Bertz CT molecular complexity index is 388. The van der Waals surface area contributed by atoms with Crippen LogP contribution in [0, 0.1) is 11.6 Å². The molecule has 1 amide bonds. The van der Waals surface area contributed by atoms with Crippen LogP contribution < -0.4 is 5.32 Å². The molecule has 6 heteroatoms. The molecule has 0 aliphatic carbocycles. The quantitative estimate of drug-likeness (QED) is 0.895. The van der Waals surface area contributed by atoms with Gasteiger partial charge in [-0.1, -0.05) is 6.07 Å². The lowest BCUT2D eigenvalue weighted by Crippen LogP contribution is -2.33. The molecule has 0 aromatic heterocycles. The molecule has 0 heterocycles. The normalized spacial score (nSPS) is 9.65. The van der Waals surface area contributed by atoms with E-state index in [1.165, 1.54) is 11.0 Å². The van der Waals surface area contributed by atoms with E-state index in [9.17, 15) is 13.6 Å². The number of halogens is 3. The van der Waals surface area contributed by atoms with E-state index in [2.05, 4.69) is 5.32 Å². The maximum atomic E-state index is 12.9. The zero-order chi connectivity index (χ0) is 12.1. The fourth-order valence-electron chi connectivity index (χ4n) is 1.29. The third-order valence-electron chi connectivity index (χ3n) is 2.16. The van der Waals surface area contributed by atoms with Crippen molar-refractivity contribution in [3.05, 3.63) is 35.4 Å². The highest BCUT2D eigenvalue weighted by atomic mass is 35.5. The maximum Gasteiger partial charge on any atom is 0.236 e. The largest absolute Gasteiger partial charge is 0.340 e. The molecule has 96 valence electrons. The van der Waals surface area contributed by atoms with Gasteiger partial charge < -0.3 is 10.2 Å². The topological polar surface area (TPSA) is 32.3 Å². The molecular weight excluding hydrogens is 250 g/mol. The van der Waals surface area contributed by atoms with Crippen LogP contribution in [0.2, 0.25) is 0 Å². The van der Waals surface area contributed by atoms with Gasteiger partial charge in [0.05, 0.1) is 6.54 Å². The molecule has 0 aliphatic rings. The summed E-state index contributed by atoms with van der Waals surface area (Å²) in [7, 11) is 3.28. The number of rotatable bonds is 4. The Kier molecular flexibility index (Phi) is 6.68. The molecule has 1 aromatic rings. The van der Waals surface area contributed by atoms with Gasteiger partial charge in [0.2, 0.25) is 5.91 Å². The van der Waals surface area contributed by atoms with E-state index in [1.54, 1.807) is 14.1 Å². The lowest BCUT2D eigenvalue weighted by atomic mass is 10.2. The van der Waals surface area contributed by atoms with Crippen LogP contribution in [0.15, 0.2) is 18.2 Å². The molecule has 1 rings (SSSR count). The molecule has 0 saturated heterocycles. The van der Waals surface area contributed by atoms with Gasteiger partial charge in [-0.05, 0) is 24.7 Å². The highest BCUT2D eigenvalue weighted by Gasteiger charge is 2.09. The van der Waals surface area contributed by atoms with Crippen molar-refractivity contribution in [3.8, 4) is 0 Å². The molecule has 1 aromatic carbocycles. The molecule has 0 radical (unpaired) electrons. The van der Waals surface area contributed by atoms with Crippen LogP contribution >= 0.6 is 12.4 Å². The Labute approximate surface area is 105 Å². The summed E-state index contributed by atoms with van der Waals surface area (Å²) < 4.78 is 25.5. The second kappa shape index (κ2) is 7.19. The van der Waals surface area contributed by atoms with Crippen LogP contribution in [0.5, 0.6) is 0 Å². The van der Waals surface area contributed by atoms with Crippen molar-refractivity contribution in [2.24, 2.45) is 0 Å². The number of hydrogen-bond acceptors (Lipinski definition) is 2. The van der Waals surface area contributed by atoms with Crippen molar-refractivity contribution < 1.29 is 13.6 Å². The molecule has 0 spiro atoms. The first-order valence-corrected chi connectivity index (χ1v) is 4.87. The SMILES string of the molecule is CNCC(=O)N(C)Cc1ccc(F)c(F)c1.Cl. The van der Waals surface area contributed by atoms with Gasteiger partial charge >= 0.3 is 0 Å². The molecule has 17 heavy (non-hydrogen) atoms. The lowest BCUT2D eigenvalue weighted by Gasteiger charge is -2.17. The van der Waals surface area contributed by atoms with Crippen molar-refractivity contribution in [1.82, 2.24) is 10.2 Å². The number of carbonyl (C=O) groups is 1. The fraction of sp³-hybridized carbons (Fsp3) is 0.364. The lowest BCUT2D eigenvalue weighted by molar-refractivity contribution is -0.129. The molecule has 0 atom stereocenters. The van der Waals surface area contributed by atoms with Crippen molar-refractivity contribution in [3.63, 3.8) is 0 Å². The van der Waals surface area contributed by atoms with E-state index in [4.69, 9.17) is 0 Å². The maximum absolute atomic E-state index is 12.9. The van der Waals surface area contributed by atoms with Crippen LogP contribution in [0.25, 0.3) is 0 Å². The highest BCUT2D eigenvalue weighted by molar-refractivity contribution is 5.85. The van der Waals surface area contributed by atoms with Crippen LogP contribution in [0.1, 0.15) is 5.56 Å². The van der Waals surface area contributed by atoms with E-state index in [1.807, 2.05) is 0 Å². The van der Waals surface area contributed by atoms with Gasteiger partial charge in [-0.2, -0.15) is 0 Å². The summed E-state index contributed by atoms with van der Waals surface area (Å²) in [5.41, 5.74) is 0.561. The van der Waals surface area contributed by atoms with Crippen molar-refractivity contribution in [2.45, 2.75) is 6.54 Å². The Morgan fingerprint density at radius 3 is 2.53 bits per heavy atom. The molecule has 0 bridgehead atoms. The van der Waals surface area contributed by atoms with Crippen LogP contribution in [0.4, 0.5) is 8.78 Å². The first-order chi connectivity index (χ1) is 7.54. The summed E-state index contributed by atoms with van der Waals surface area (Å²) >= 11 is 0. The number of benzene rings is 1. The number of carbonyl (C=O) groups excluding carboxylic acids is 1. The van der Waals surface area contributed by atoms with E-state index in [0.29, 0.717) is 5.56 Å². The zero-order valence-electron chi connectivity index (χ0n) is 9.67. The van der Waals surface area contributed by atoms with Crippen LogP contribution in [0.3, 0.4) is 0 Å². The molecule has 0 unspecified atom stereocenters. The fourth-order valence-corrected chi connectivity index (χ4v) is 1.29. The number of amides is 1. The van der Waals surface area contributed by atoms with E-state index >= 15 is 0 Å². The molecule has 1 N–H and O–H groups in total. The standard InChI is InChI=1S/C11H14F2N2O.ClH/c1-14-6-11(16)15(2)7-8-3-4-9(12)10(13)5-8;/h3-5,14H,6-7H2,1-2H3;1H. The number of nitrogens with one attached hydrogen (secondary N) is 1. The monoisotopic (exact) mass is 264 g/mol. The summed E-state index contributed by atoms with van der Waals surface area (Å²) in [6, 6.07) is 3.61. The summed E-state index contributed by atoms with van der Waals surface area (Å²) in [6.45, 7) is 0.484. The average molecular weight is 265 g/mol. The Balaban J connectivity index is 0.00000256. The van der Waals surface area contributed by atoms with E-state index < -0.39 is 11.6 Å². The Hall–Kier alpha value is -1.20. The second-order valence-corrected chi connectivity index (χ2v) is 3.53. The van der Waals surface area contributed by atoms with E-state index in [0.717, 1.165) is 12.1 Å². The predicted molar refractivity (Wildman–Crippen MR) is 64.0 cm³/mol. The first-order valence-electron chi connectivity index (χ1n) is 4.87. The first kappa shape index (κ1) is 15.8. The van der Waals surface area contributed by atoms with Crippen molar-refractivity contribution >= 4 is 18.3 Å². The molecule has 0 aliphatic heterocycles. The molecule has 0 fully saturated rings. The third-order valence-corrected chi connectivity index (χ3v) is 2.16.